The van der Waals surface area contributed by atoms with Crippen molar-refractivity contribution in [2.45, 2.75) is 19.5 Å². The van der Waals surface area contributed by atoms with Crippen LogP contribution in [0.1, 0.15) is 24.4 Å². The molecule has 0 fully saturated rings. The van der Waals surface area contributed by atoms with E-state index in [2.05, 4.69) is 38.1 Å². The highest BCUT2D eigenvalue weighted by molar-refractivity contribution is 9.10. The summed E-state index contributed by atoms with van der Waals surface area (Å²) in [6, 6.07) is 12.1. The SMILES string of the molecule is C[C@@H](NCc1cccc(Br)n1)c1ccccn1. The molecule has 2 aromatic rings. The van der Waals surface area contributed by atoms with E-state index in [-0.39, 0.29) is 6.04 Å². The first-order valence-corrected chi connectivity index (χ1v) is 6.31. The average Bonchev–Trinajstić information content (AvgIpc) is 2.37. The lowest BCUT2D eigenvalue weighted by Crippen LogP contribution is -2.19. The van der Waals surface area contributed by atoms with E-state index >= 15 is 0 Å². The van der Waals surface area contributed by atoms with Gasteiger partial charge in [0.25, 0.3) is 0 Å². The number of aromatic nitrogens is 2. The molecule has 1 N–H and O–H groups in total. The van der Waals surface area contributed by atoms with E-state index in [0.29, 0.717) is 0 Å². The Bertz CT molecular complexity index is 473. The number of nitrogens with zero attached hydrogens (tertiary/aromatic N) is 2. The third-order valence-corrected chi connectivity index (χ3v) is 2.94. The van der Waals surface area contributed by atoms with Crippen LogP contribution in [0, 0.1) is 0 Å². The van der Waals surface area contributed by atoms with Gasteiger partial charge < -0.3 is 5.32 Å². The summed E-state index contributed by atoms with van der Waals surface area (Å²) in [4.78, 5) is 8.69. The van der Waals surface area contributed by atoms with Gasteiger partial charge in [0.1, 0.15) is 4.60 Å². The zero-order chi connectivity index (χ0) is 12.1. The number of hydrogen-bond donors (Lipinski definition) is 1. The molecular formula is C13H14BrN3. The largest absolute Gasteiger partial charge is 0.303 e. The number of pyridine rings is 2. The summed E-state index contributed by atoms with van der Waals surface area (Å²) in [6.45, 7) is 2.83. The van der Waals surface area contributed by atoms with Crippen molar-refractivity contribution < 1.29 is 0 Å². The first kappa shape index (κ1) is 12.2. The molecule has 0 saturated carbocycles. The number of rotatable bonds is 4. The maximum absolute atomic E-state index is 4.37. The molecule has 0 spiro atoms. The Morgan fingerprint density at radius 1 is 1.24 bits per heavy atom. The Morgan fingerprint density at radius 3 is 2.82 bits per heavy atom. The van der Waals surface area contributed by atoms with Crippen LogP contribution in [-0.4, -0.2) is 9.97 Å². The second-order valence-corrected chi connectivity index (χ2v) is 4.62. The van der Waals surface area contributed by atoms with Gasteiger partial charge in [-0.05, 0) is 47.1 Å². The first-order valence-electron chi connectivity index (χ1n) is 5.51. The van der Waals surface area contributed by atoms with Gasteiger partial charge in [-0.2, -0.15) is 0 Å². The Kier molecular flexibility index (Phi) is 4.23. The lowest BCUT2D eigenvalue weighted by atomic mass is 10.2. The van der Waals surface area contributed by atoms with Crippen LogP contribution in [0.5, 0.6) is 0 Å². The molecule has 1 atom stereocenters. The minimum atomic E-state index is 0.219. The van der Waals surface area contributed by atoms with E-state index in [0.717, 1.165) is 22.5 Å². The third-order valence-electron chi connectivity index (χ3n) is 2.49. The summed E-state index contributed by atoms with van der Waals surface area (Å²) in [6.07, 6.45) is 1.81. The molecule has 88 valence electrons. The van der Waals surface area contributed by atoms with Gasteiger partial charge in [-0.1, -0.05) is 12.1 Å². The molecule has 2 aromatic heterocycles. The van der Waals surface area contributed by atoms with Crippen LogP contribution < -0.4 is 5.32 Å². The van der Waals surface area contributed by atoms with Crippen LogP contribution in [0.15, 0.2) is 47.2 Å². The van der Waals surface area contributed by atoms with E-state index < -0.39 is 0 Å². The third kappa shape index (κ3) is 3.61. The summed E-state index contributed by atoms with van der Waals surface area (Å²) in [7, 11) is 0. The summed E-state index contributed by atoms with van der Waals surface area (Å²) < 4.78 is 0.863. The standard InChI is InChI=1S/C13H14BrN3/c1-10(12-6-2-3-8-15-12)16-9-11-5-4-7-13(14)17-11/h2-8,10,16H,9H2,1H3/t10-/m1/s1. The smallest absolute Gasteiger partial charge is 0.106 e. The Balaban J connectivity index is 1.95. The lowest BCUT2D eigenvalue weighted by Gasteiger charge is -2.12. The fourth-order valence-corrected chi connectivity index (χ4v) is 1.92. The normalized spacial score (nSPS) is 12.4. The van der Waals surface area contributed by atoms with Gasteiger partial charge >= 0.3 is 0 Å². The lowest BCUT2D eigenvalue weighted by molar-refractivity contribution is 0.555. The molecule has 0 radical (unpaired) electrons. The molecule has 2 rings (SSSR count). The van der Waals surface area contributed by atoms with Gasteiger partial charge in [-0.3, -0.25) is 4.98 Å². The van der Waals surface area contributed by atoms with Crippen molar-refractivity contribution in [3.05, 3.63) is 58.6 Å². The van der Waals surface area contributed by atoms with Gasteiger partial charge in [-0.15, -0.1) is 0 Å². The summed E-state index contributed by atoms with van der Waals surface area (Å²) in [5.74, 6) is 0. The van der Waals surface area contributed by atoms with Crippen molar-refractivity contribution in [3.8, 4) is 0 Å². The maximum Gasteiger partial charge on any atom is 0.106 e. The monoisotopic (exact) mass is 291 g/mol. The molecule has 17 heavy (non-hydrogen) atoms. The number of hydrogen-bond acceptors (Lipinski definition) is 3. The van der Waals surface area contributed by atoms with E-state index in [1.54, 1.807) is 0 Å². The van der Waals surface area contributed by atoms with E-state index in [4.69, 9.17) is 0 Å². The van der Waals surface area contributed by atoms with Gasteiger partial charge in [-0.25, -0.2) is 4.98 Å². The van der Waals surface area contributed by atoms with Crippen molar-refractivity contribution in [3.63, 3.8) is 0 Å². The zero-order valence-electron chi connectivity index (χ0n) is 9.60. The van der Waals surface area contributed by atoms with Gasteiger partial charge in [0.2, 0.25) is 0 Å². The second kappa shape index (κ2) is 5.89. The molecule has 0 aliphatic rings. The molecule has 0 aliphatic heterocycles. The maximum atomic E-state index is 4.37. The second-order valence-electron chi connectivity index (χ2n) is 3.81. The fourth-order valence-electron chi connectivity index (χ4n) is 1.54. The summed E-state index contributed by atoms with van der Waals surface area (Å²) in [5.41, 5.74) is 2.06. The predicted molar refractivity (Wildman–Crippen MR) is 71.4 cm³/mol. The molecule has 0 bridgehead atoms. The van der Waals surface area contributed by atoms with Crippen LogP contribution in [0.4, 0.5) is 0 Å². The summed E-state index contributed by atoms with van der Waals surface area (Å²) >= 11 is 3.36. The Labute approximate surface area is 109 Å². The zero-order valence-corrected chi connectivity index (χ0v) is 11.2. The molecule has 0 aliphatic carbocycles. The fraction of sp³-hybridized carbons (Fsp3) is 0.231. The van der Waals surface area contributed by atoms with Crippen LogP contribution in [0.2, 0.25) is 0 Å². The first-order chi connectivity index (χ1) is 8.25. The average molecular weight is 292 g/mol. The van der Waals surface area contributed by atoms with Crippen molar-refractivity contribution in [1.29, 1.82) is 0 Å². The van der Waals surface area contributed by atoms with Crippen LogP contribution in [0.25, 0.3) is 0 Å². The van der Waals surface area contributed by atoms with Gasteiger partial charge in [0.15, 0.2) is 0 Å². The highest BCUT2D eigenvalue weighted by Gasteiger charge is 2.05. The highest BCUT2D eigenvalue weighted by Crippen LogP contribution is 2.10. The molecule has 0 amide bonds. The summed E-state index contributed by atoms with van der Waals surface area (Å²) in [5, 5.41) is 3.40. The minimum absolute atomic E-state index is 0.219. The van der Waals surface area contributed by atoms with Crippen LogP contribution >= 0.6 is 15.9 Å². The van der Waals surface area contributed by atoms with Crippen molar-refractivity contribution in [2.24, 2.45) is 0 Å². The van der Waals surface area contributed by atoms with Crippen molar-refractivity contribution in [2.75, 3.05) is 0 Å². The molecule has 0 unspecified atom stereocenters. The van der Waals surface area contributed by atoms with Crippen LogP contribution in [-0.2, 0) is 6.54 Å². The van der Waals surface area contributed by atoms with E-state index in [1.807, 2.05) is 42.6 Å². The quantitative estimate of drug-likeness (QED) is 0.880. The number of nitrogens with one attached hydrogen (secondary N) is 1. The van der Waals surface area contributed by atoms with Crippen molar-refractivity contribution in [1.82, 2.24) is 15.3 Å². The van der Waals surface area contributed by atoms with Crippen LogP contribution in [0.3, 0.4) is 0 Å². The predicted octanol–water partition coefficient (Wildman–Crippen LogP) is 3.09. The van der Waals surface area contributed by atoms with E-state index in [9.17, 15) is 0 Å². The Morgan fingerprint density at radius 2 is 2.12 bits per heavy atom. The molecular weight excluding hydrogens is 278 g/mol. The van der Waals surface area contributed by atoms with E-state index in [1.165, 1.54) is 0 Å². The molecule has 3 nitrogen and oxygen atoms in total. The topological polar surface area (TPSA) is 37.8 Å². The Hall–Kier alpha value is -1.26. The van der Waals surface area contributed by atoms with Gasteiger partial charge in [0.05, 0.1) is 11.4 Å². The molecule has 0 aromatic carbocycles. The number of halogens is 1. The highest BCUT2D eigenvalue weighted by atomic mass is 79.9. The molecule has 0 saturated heterocycles. The minimum Gasteiger partial charge on any atom is -0.303 e. The molecule has 4 heteroatoms. The van der Waals surface area contributed by atoms with Gasteiger partial charge in [0, 0.05) is 18.8 Å². The van der Waals surface area contributed by atoms with Crippen molar-refractivity contribution >= 4 is 15.9 Å². The molecule has 2 heterocycles.